The van der Waals surface area contributed by atoms with Crippen LogP contribution in [-0.2, 0) is 0 Å². The monoisotopic (exact) mass is 454 g/mol. The van der Waals surface area contributed by atoms with E-state index in [1.54, 1.807) is 38.1 Å². The van der Waals surface area contributed by atoms with E-state index < -0.39 is 0 Å². The van der Waals surface area contributed by atoms with E-state index in [1.165, 1.54) is 6.07 Å². The summed E-state index contributed by atoms with van der Waals surface area (Å²) in [4.78, 5) is 20.4. The van der Waals surface area contributed by atoms with Crippen molar-refractivity contribution in [3.8, 4) is 0 Å². The van der Waals surface area contributed by atoms with Gasteiger partial charge >= 0.3 is 0 Å². The third kappa shape index (κ3) is 6.65. The number of hydrogen-bond donors (Lipinski definition) is 0. The van der Waals surface area contributed by atoms with E-state index in [9.17, 15) is 20.2 Å². The van der Waals surface area contributed by atoms with Gasteiger partial charge in [-0.1, -0.05) is 76.6 Å². The summed E-state index contributed by atoms with van der Waals surface area (Å²) in [5.74, 6) is 0. The Bertz CT molecular complexity index is 1050. The van der Waals surface area contributed by atoms with Crippen molar-refractivity contribution in [3.05, 3.63) is 114 Å². The van der Waals surface area contributed by atoms with Gasteiger partial charge in [0.25, 0.3) is 11.4 Å². The normalized spacial score (nSPS) is 10.3. The molecule has 0 aliphatic heterocycles. The van der Waals surface area contributed by atoms with E-state index >= 15 is 0 Å². The molecule has 0 saturated heterocycles. The van der Waals surface area contributed by atoms with Crippen molar-refractivity contribution < 1.29 is 9.85 Å². The Hall–Kier alpha value is -3.32. The Morgan fingerprint density at radius 3 is 1.79 bits per heavy atom. The fourth-order valence-electron chi connectivity index (χ4n) is 2.46. The molecule has 3 aromatic carbocycles. The Morgan fingerprint density at radius 1 is 0.724 bits per heavy atom. The van der Waals surface area contributed by atoms with Gasteiger partial charge < -0.3 is 0 Å². The van der Waals surface area contributed by atoms with Crippen molar-refractivity contribution in [3.63, 3.8) is 0 Å². The number of aryl methyl sites for hydroxylation is 2. The van der Waals surface area contributed by atoms with Crippen molar-refractivity contribution in [1.82, 2.24) is 0 Å². The molecule has 0 saturated carbocycles. The molecule has 7 heteroatoms. The first kappa shape index (κ1) is 22.0. The largest absolute Gasteiger partial charge is 0.273 e. The van der Waals surface area contributed by atoms with Crippen LogP contribution in [0.3, 0.4) is 0 Å². The average molecular weight is 455 g/mol. The third-order valence-corrected chi connectivity index (χ3v) is 4.56. The van der Waals surface area contributed by atoms with Crippen molar-refractivity contribution in [2.45, 2.75) is 13.8 Å². The highest BCUT2D eigenvalue weighted by Gasteiger charge is 2.10. The smallest absolute Gasteiger partial charge is 0.258 e. The van der Waals surface area contributed by atoms with Crippen LogP contribution in [0.25, 0.3) is 12.2 Å². The molecular formula is C22H19BrN2O4. The Balaban J connectivity index is 0.000000234. The van der Waals surface area contributed by atoms with Crippen LogP contribution in [0, 0.1) is 34.1 Å². The number of rotatable bonds is 4. The minimum atomic E-state index is -0.389. The summed E-state index contributed by atoms with van der Waals surface area (Å²) in [5.41, 5.74) is 3.57. The lowest BCUT2D eigenvalue weighted by molar-refractivity contribution is -0.385. The van der Waals surface area contributed by atoms with Crippen LogP contribution in [0.2, 0.25) is 0 Å². The number of nitro groups is 2. The van der Waals surface area contributed by atoms with E-state index in [4.69, 9.17) is 0 Å². The summed E-state index contributed by atoms with van der Waals surface area (Å²) >= 11 is 3.16. The first-order valence-electron chi connectivity index (χ1n) is 8.66. The van der Waals surface area contributed by atoms with E-state index in [1.807, 2.05) is 48.6 Å². The molecule has 0 atom stereocenters. The van der Waals surface area contributed by atoms with Gasteiger partial charge in [-0.05, 0) is 31.0 Å². The van der Waals surface area contributed by atoms with Crippen LogP contribution < -0.4 is 0 Å². The number of nitrogens with zero attached hydrogens (tertiary/aromatic N) is 2. The lowest BCUT2D eigenvalue weighted by atomic mass is 10.1. The number of halogens is 1. The van der Waals surface area contributed by atoms with Crippen LogP contribution in [0.15, 0.2) is 71.2 Å². The summed E-state index contributed by atoms with van der Waals surface area (Å²) in [5, 5.41) is 21.2. The van der Waals surface area contributed by atoms with Crippen LogP contribution >= 0.6 is 15.9 Å². The molecule has 0 aromatic heterocycles. The SMILES string of the molecule is Cc1ccc(Br)cc1[N+](=O)[O-].Cc1ccc(C=Cc2ccccc2)cc1[N+](=O)[O-]. The summed E-state index contributed by atoms with van der Waals surface area (Å²) < 4.78 is 0.731. The summed E-state index contributed by atoms with van der Waals surface area (Å²) in [6.07, 6.45) is 3.82. The molecule has 0 bridgehead atoms. The van der Waals surface area contributed by atoms with E-state index in [0.29, 0.717) is 11.1 Å². The maximum Gasteiger partial charge on any atom is 0.273 e. The predicted molar refractivity (Wildman–Crippen MR) is 119 cm³/mol. The average Bonchev–Trinajstić information content (AvgIpc) is 2.70. The molecular weight excluding hydrogens is 436 g/mol. The minimum Gasteiger partial charge on any atom is -0.258 e. The molecule has 6 nitrogen and oxygen atoms in total. The van der Waals surface area contributed by atoms with E-state index in [2.05, 4.69) is 15.9 Å². The zero-order valence-electron chi connectivity index (χ0n) is 15.9. The second-order valence-electron chi connectivity index (χ2n) is 6.23. The first-order valence-corrected chi connectivity index (χ1v) is 9.46. The van der Waals surface area contributed by atoms with Gasteiger partial charge in [0.1, 0.15) is 0 Å². The van der Waals surface area contributed by atoms with Crippen molar-refractivity contribution in [1.29, 1.82) is 0 Å². The fourth-order valence-corrected chi connectivity index (χ4v) is 2.81. The van der Waals surface area contributed by atoms with Gasteiger partial charge in [-0.2, -0.15) is 0 Å². The van der Waals surface area contributed by atoms with Crippen LogP contribution in [0.5, 0.6) is 0 Å². The van der Waals surface area contributed by atoms with Gasteiger partial charge in [0.2, 0.25) is 0 Å². The maximum absolute atomic E-state index is 10.8. The highest BCUT2D eigenvalue weighted by molar-refractivity contribution is 9.10. The first-order chi connectivity index (χ1) is 13.8. The predicted octanol–water partition coefficient (Wildman–Crippen LogP) is 6.74. The van der Waals surface area contributed by atoms with Crippen molar-refractivity contribution in [2.24, 2.45) is 0 Å². The fraction of sp³-hybridized carbons (Fsp3) is 0.0909. The number of nitro benzene ring substituents is 2. The maximum atomic E-state index is 10.8. The number of benzene rings is 3. The molecule has 3 rings (SSSR count). The molecule has 0 amide bonds. The van der Waals surface area contributed by atoms with E-state index in [-0.39, 0.29) is 21.2 Å². The van der Waals surface area contributed by atoms with Gasteiger partial charge in [-0.25, -0.2) is 0 Å². The summed E-state index contributed by atoms with van der Waals surface area (Å²) in [7, 11) is 0. The zero-order valence-corrected chi connectivity index (χ0v) is 17.5. The van der Waals surface area contributed by atoms with Gasteiger partial charge in [0, 0.05) is 27.7 Å². The van der Waals surface area contributed by atoms with Crippen molar-refractivity contribution in [2.75, 3.05) is 0 Å². The quantitative estimate of drug-likeness (QED) is 0.248. The lowest BCUT2D eigenvalue weighted by Crippen LogP contribution is -1.91. The second-order valence-corrected chi connectivity index (χ2v) is 7.15. The molecule has 29 heavy (non-hydrogen) atoms. The molecule has 0 N–H and O–H groups in total. The summed E-state index contributed by atoms with van der Waals surface area (Å²) in [6.45, 7) is 3.45. The van der Waals surface area contributed by atoms with E-state index in [0.717, 1.165) is 15.6 Å². The zero-order chi connectivity index (χ0) is 21.4. The highest BCUT2D eigenvalue weighted by Crippen LogP contribution is 2.22. The number of hydrogen-bond acceptors (Lipinski definition) is 4. The van der Waals surface area contributed by atoms with Crippen LogP contribution in [-0.4, -0.2) is 9.85 Å². The molecule has 0 spiro atoms. The summed E-state index contributed by atoms with van der Waals surface area (Å²) in [6, 6.07) is 20.1. The van der Waals surface area contributed by atoms with Crippen LogP contribution in [0.1, 0.15) is 22.3 Å². The van der Waals surface area contributed by atoms with Crippen LogP contribution in [0.4, 0.5) is 11.4 Å². The minimum absolute atomic E-state index is 0.152. The molecule has 0 aliphatic carbocycles. The third-order valence-electron chi connectivity index (χ3n) is 4.07. The van der Waals surface area contributed by atoms with Gasteiger partial charge in [-0.3, -0.25) is 20.2 Å². The van der Waals surface area contributed by atoms with Crippen molar-refractivity contribution >= 4 is 39.5 Å². The standard InChI is InChI=1S/C15H13NO2.C7H6BrNO2/c1-12-7-8-14(11-15(12)16(17)18)10-9-13-5-3-2-4-6-13;1-5-2-3-6(8)4-7(5)9(10)11/h2-11H,1H3;2-4H,1H3. The molecule has 3 aromatic rings. The molecule has 148 valence electrons. The Morgan fingerprint density at radius 2 is 1.24 bits per heavy atom. The Labute approximate surface area is 176 Å². The molecule has 0 aliphatic rings. The topological polar surface area (TPSA) is 86.3 Å². The van der Waals surface area contributed by atoms with Gasteiger partial charge in [0.05, 0.1) is 9.85 Å². The molecule has 0 fully saturated rings. The lowest BCUT2D eigenvalue weighted by Gasteiger charge is -1.98. The van der Waals surface area contributed by atoms with Gasteiger partial charge in [0.15, 0.2) is 0 Å². The molecule has 0 radical (unpaired) electrons. The molecule has 0 unspecified atom stereocenters. The second kappa shape index (κ2) is 10.3. The highest BCUT2D eigenvalue weighted by atomic mass is 79.9. The Kier molecular flexibility index (Phi) is 7.79. The van der Waals surface area contributed by atoms with Gasteiger partial charge in [-0.15, -0.1) is 0 Å². The molecule has 0 heterocycles.